The Morgan fingerprint density at radius 3 is 2.14 bits per heavy atom. The Hall–Kier alpha value is -3.11. The molecule has 0 aliphatic heterocycles. The zero-order valence-corrected chi connectivity index (χ0v) is 16.6. The first-order chi connectivity index (χ1) is 14.3. The number of hydrogen-bond donors (Lipinski definition) is 2. The molecule has 0 heterocycles. The number of rotatable bonds is 11. The molecule has 0 radical (unpaired) electrons. The van der Waals surface area contributed by atoms with Crippen molar-refractivity contribution in [3.63, 3.8) is 0 Å². The van der Waals surface area contributed by atoms with Gasteiger partial charge >= 0.3 is 0 Å². The van der Waals surface area contributed by atoms with Crippen molar-refractivity contribution in [2.75, 3.05) is 25.0 Å². The summed E-state index contributed by atoms with van der Waals surface area (Å²) < 4.78 is 5.77. The highest BCUT2D eigenvalue weighted by molar-refractivity contribution is 6.04. The van der Waals surface area contributed by atoms with Crippen LogP contribution < -0.4 is 15.4 Å². The molecule has 0 aliphatic rings. The van der Waals surface area contributed by atoms with Gasteiger partial charge in [0.25, 0.3) is 5.91 Å². The Morgan fingerprint density at radius 2 is 1.41 bits per heavy atom. The van der Waals surface area contributed by atoms with Crippen LogP contribution in [0.5, 0.6) is 5.75 Å². The number of carbonyl (C=O) groups is 1. The number of hydrogen-bond acceptors (Lipinski definition) is 3. The maximum atomic E-state index is 12.1. The van der Waals surface area contributed by atoms with Gasteiger partial charge in [0.15, 0.2) is 0 Å². The monoisotopic (exact) mass is 388 g/mol. The molecular formula is C25H28N2O2. The van der Waals surface area contributed by atoms with Crippen molar-refractivity contribution in [2.24, 2.45) is 0 Å². The standard InChI is InChI=1S/C25H28N2O2/c28-25(22-12-5-2-6-13-22)27-23-14-16-24(17-15-23)29-20-8-19-26-18-7-11-21-9-3-1-4-10-21/h1-6,9-10,12-17,26H,7-8,11,18-20H2,(H,27,28). The minimum atomic E-state index is -0.113. The summed E-state index contributed by atoms with van der Waals surface area (Å²) in [6.45, 7) is 2.63. The highest BCUT2D eigenvalue weighted by Gasteiger charge is 2.05. The summed E-state index contributed by atoms with van der Waals surface area (Å²) in [6.07, 6.45) is 3.20. The summed E-state index contributed by atoms with van der Waals surface area (Å²) in [6, 6.07) is 27.2. The SMILES string of the molecule is O=C(Nc1ccc(OCCCNCCCc2ccccc2)cc1)c1ccccc1. The number of amides is 1. The van der Waals surface area contributed by atoms with E-state index in [1.165, 1.54) is 5.56 Å². The Bertz CT molecular complexity index is 849. The summed E-state index contributed by atoms with van der Waals surface area (Å²) in [5, 5.41) is 6.35. The van der Waals surface area contributed by atoms with E-state index in [9.17, 15) is 4.79 Å². The van der Waals surface area contributed by atoms with E-state index < -0.39 is 0 Å². The molecular weight excluding hydrogens is 360 g/mol. The number of ether oxygens (including phenoxy) is 1. The summed E-state index contributed by atoms with van der Waals surface area (Å²) in [7, 11) is 0. The number of aryl methyl sites for hydroxylation is 1. The molecule has 0 saturated heterocycles. The Labute approximate surface area is 172 Å². The van der Waals surface area contributed by atoms with Gasteiger partial charge in [0.05, 0.1) is 6.61 Å². The maximum absolute atomic E-state index is 12.1. The van der Waals surface area contributed by atoms with E-state index in [2.05, 4.69) is 41.0 Å². The van der Waals surface area contributed by atoms with Gasteiger partial charge in [-0.25, -0.2) is 0 Å². The summed E-state index contributed by atoms with van der Waals surface area (Å²) in [5.74, 6) is 0.699. The molecule has 0 aliphatic carbocycles. The molecule has 0 aromatic heterocycles. The lowest BCUT2D eigenvalue weighted by Gasteiger charge is -2.09. The van der Waals surface area contributed by atoms with Gasteiger partial charge in [0.1, 0.15) is 5.75 Å². The zero-order chi connectivity index (χ0) is 20.2. The highest BCUT2D eigenvalue weighted by atomic mass is 16.5. The normalized spacial score (nSPS) is 10.5. The zero-order valence-electron chi connectivity index (χ0n) is 16.6. The summed E-state index contributed by atoms with van der Waals surface area (Å²) in [5.41, 5.74) is 2.79. The fourth-order valence-corrected chi connectivity index (χ4v) is 3.00. The van der Waals surface area contributed by atoms with Crippen LogP contribution >= 0.6 is 0 Å². The second-order valence-corrected chi connectivity index (χ2v) is 6.89. The number of carbonyl (C=O) groups excluding carboxylic acids is 1. The van der Waals surface area contributed by atoms with Crippen molar-refractivity contribution >= 4 is 11.6 Å². The minimum absolute atomic E-state index is 0.113. The van der Waals surface area contributed by atoms with Crippen LogP contribution in [-0.2, 0) is 6.42 Å². The van der Waals surface area contributed by atoms with Crippen molar-refractivity contribution in [1.29, 1.82) is 0 Å². The topological polar surface area (TPSA) is 50.4 Å². The molecule has 150 valence electrons. The Morgan fingerprint density at radius 1 is 0.759 bits per heavy atom. The van der Waals surface area contributed by atoms with Crippen molar-refractivity contribution < 1.29 is 9.53 Å². The van der Waals surface area contributed by atoms with E-state index in [-0.39, 0.29) is 5.91 Å². The average molecular weight is 389 g/mol. The number of nitrogens with one attached hydrogen (secondary N) is 2. The van der Waals surface area contributed by atoms with Crippen LogP contribution in [0, 0.1) is 0 Å². The average Bonchev–Trinajstić information content (AvgIpc) is 2.78. The predicted molar refractivity (Wildman–Crippen MR) is 119 cm³/mol. The second kappa shape index (κ2) is 11.7. The van der Waals surface area contributed by atoms with Crippen molar-refractivity contribution in [3.8, 4) is 5.75 Å². The molecule has 1 amide bonds. The number of anilines is 1. The maximum Gasteiger partial charge on any atom is 0.255 e. The van der Waals surface area contributed by atoms with Crippen molar-refractivity contribution in [1.82, 2.24) is 5.32 Å². The van der Waals surface area contributed by atoms with Gasteiger partial charge in [0.2, 0.25) is 0 Å². The van der Waals surface area contributed by atoms with E-state index in [4.69, 9.17) is 4.74 Å². The third-order valence-corrected chi connectivity index (χ3v) is 4.58. The first kappa shape index (κ1) is 20.6. The summed E-state index contributed by atoms with van der Waals surface area (Å²) >= 11 is 0. The van der Waals surface area contributed by atoms with Crippen LogP contribution in [0.1, 0.15) is 28.8 Å². The first-order valence-corrected chi connectivity index (χ1v) is 10.2. The third kappa shape index (κ3) is 7.43. The molecule has 0 atom stereocenters. The van der Waals surface area contributed by atoms with Crippen LogP contribution in [0.25, 0.3) is 0 Å². The smallest absolute Gasteiger partial charge is 0.255 e. The highest BCUT2D eigenvalue weighted by Crippen LogP contribution is 2.16. The fraction of sp³-hybridized carbons (Fsp3) is 0.240. The van der Waals surface area contributed by atoms with Crippen LogP contribution in [0.4, 0.5) is 5.69 Å². The predicted octanol–water partition coefficient (Wildman–Crippen LogP) is 4.93. The van der Waals surface area contributed by atoms with E-state index in [0.29, 0.717) is 12.2 Å². The molecule has 4 nitrogen and oxygen atoms in total. The summed E-state index contributed by atoms with van der Waals surface area (Å²) in [4.78, 5) is 12.1. The van der Waals surface area contributed by atoms with Gasteiger partial charge in [-0.15, -0.1) is 0 Å². The number of benzene rings is 3. The van der Waals surface area contributed by atoms with Crippen LogP contribution in [-0.4, -0.2) is 25.6 Å². The molecule has 29 heavy (non-hydrogen) atoms. The molecule has 0 bridgehead atoms. The van der Waals surface area contributed by atoms with Gasteiger partial charge in [-0.05, 0) is 74.3 Å². The van der Waals surface area contributed by atoms with Gasteiger partial charge in [-0.3, -0.25) is 4.79 Å². The van der Waals surface area contributed by atoms with E-state index in [1.54, 1.807) is 12.1 Å². The molecule has 4 heteroatoms. The largest absolute Gasteiger partial charge is 0.494 e. The van der Waals surface area contributed by atoms with Crippen molar-refractivity contribution in [2.45, 2.75) is 19.3 Å². The molecule has 2 N–H and O–H groups in total. The molecule has 0 spiro atoms. The van der Waals surface area contributed by atoms with Crippen LogP contribution in [0.3, 0.4) is 0 Å². The van der Waals surface area contributed by atoms with Gasteiger partial charge in [0, 0.05) is 11.3 Å². The van der Waals surface area contributed by atoms with E-state index in [0.717, 1.165) is 43.8 Å². The van der Waals surface area contributed by atoms with Gasteiger partial charge < -0.3 is 15.4 Å². The third-order valence-electron chi connectivity index (χ3n) is 4.58. The van der Waals surface area contributed by atoms with E-state index >= 15 is 0 Å². The lowest BCUT2D eigenvalue weighted by atomic mass is 10.1. The molecule has 3 aromatic rings. The van der Waals surface area contributed by atoms with Crippen molar-refractivity contribution in [3.05, 3.63) is 96.1 Å². The van der Waals surface area contributed by atoms with Gasteiger partial charge in [-0.1, -0.05) is 48.5 Å². The van der Waals surface area contributed by atoms with E-state index in [1.807, 2.05) is 42.5 Å². The quantitative estimate of drug-likeness (QED) is 0.458. The Balaban J connectivity index is 1.27. The molecule has 0 unspecified atom stereocenters. The molecule has 3 aromatic carbocycles. The van der Waals surface area contributed by atoms with Crippen LogP contribution in [0.2, 0.25) is 0 Å². The fourth-order valence-electron chi connectivity index (χ4n) is 3.00. The van der Waals surface area contributed by atoms with Gasteiger partial charge in [-0.2, -0.15) is 0 Å². The lowest BCUT2D eigenvalue weighted by molar-refractivity contribution is 0.102. The lowest BCUT2D eigenvalue weighted by Crippen LogP contribution is -2.19. The first-order valence-electron chi connectivity index (χ1n) is 10.2. The molecule has 0 saturated carbocycles. The molecule has 0 fully saturated rings. The van der Waals surface area contributed by atoms with Crippen LogP contribution in [0.15, 0.2) is 84.9 Å². The molecule has 3 rings (SSSR count). The Kier molecular flexibility index (Phi) is 8.30. The minimum Gasteiger partial charge on any atom is -0.494 e. The second-order valence-electron chi connectivity index (χ2n) is 6.89.